The minimum Gasteiger partial charge on any atom is -0.394 e. The van der Waals surface area contributed by atoms with E-state index in [1.165, 1.54) is 26.1 Å². The van der Waals surface area contributed by atoms with Gasteiger partial charge in [-0.25, -0.2) is 0 Å². The summed E-state index contributed by atoms with van der Waals surface area (Å²) < 4.78 is 0. The Kier molecular flexibility index (Phi) is 8.03. The molecule has 0 aromatic heterocycles. The molecule has 0 aliphatic carbocycles. The molecule has 2 atom stereocenters. The van der Waals surface area contributed by atoms with Crippen molar-refractivity contribution in [3.05, 3.63) is 0 Å². The molecule has 120 valence electrons. The van der Waals surface area contributed by atoms with Crippen LogP contribution in [-0.2, 0) is 0 Å². The van der Waals surface area contributed by atoms with Gasteiger partial charge >= 0.3 is 0 Å². The molecule has 1 heterocycles. The monoisotopic (exact) mass is 285 g/mol. The molecular weight excluding hydrogens is 250 g/mol. The van der Waals surface area contributed by atoms with Gasteiger partial charge in [-0.3, -0.25) is 4.90 Å². The molecule has 4 nitrogen and oxygen atoms in total. The molecule has 2 unspecified atom stereocenters. The van der Waals surface area contributed by atoms with Crippen molar-refractivity contribution in [3.63, 3.8) is 0 Å². The standard InChI is InChI=1S/C16H35N3O/c1-5-7-17-16(4,14-20)13-15(3)19-11-9-18(8-6-2)10-12-19/h15,17,20H,5-14H2,1-4H3. The Morgan fingerprint density at radius 2 is 1.80 bits per heavy atom. The molecule has 1 aliphatic rings. The molecule has 1 rings (SSSR count). The summed E-state index contributed by atoms with van der Waals surface area (Å²) in [6.07, 6.45) is 3.37. The number of nitrogens with one attached hydrogen (secondary N) is 1. The van der Waals surface area contributed by atoms with Crippen molar-refractivity contribution in [1.82, 2.24) is 15.1 Å². The summed E-state index contributed by atoms with van der Waals surface area (Å²) in [5, 5.41) is 13.2. The first-order chi connectivity index (χ1) is 9.54. The maximum Gasteiger partial charge on any atom is 0.0611 e. The van der Waals surface area contributed by atoms with Crippen LogP contribution in [0.4, 0.5) is 0 Å². The molecule has 20 heavy (non-hydrogen) atoms. The maximum absolute atomic E-state index is 9.68. The molecule has 0 radical (unpaired) electrons. The third-order valence-corrected chi connectivity index (χ3v) is 4.47. The number of hydrogen-bond donors (Lipinski definition) is 2. The average molecular weight is 285 g/mol. The Hall–Kier alpha value is -0.160. The molecule has 0 spiro atoms. The van der Waals surface area contributed by atoms with Crippen LogP contribution in [0.3, 0.4) is 0 Å². The predicted octanol–water partition coefficient (Wildman–Crippen LogP) is 1.54. The van der Waals surface area contributed by atoms with Crippen molar-refractivity contribution in [2.75, 3.05) is 45.9 Å². The summed E-state index contributed by atoms with van der Waals surface area (Å²) >= 11 is 0. The van der Waals surface area contributed by atoms with Gasteiger partial charge in [0.2, 0.25) is 0 Å². The highest BCUT2D eigenvalue weighted by molar-refractivity contribution is 4.88. The van der Waals surface area contributed by atoms with Crippen molar-refractivity contribution in [2.24, 2.45) is 0 Å². The number of rotatable bonds is 9. The maximum atomic E-state index is 9.68. The first-order valence-corrected chi connectivity index (χ1v) is 8.37. The number of hydrogen-bond acceptors (Lipinski definition) is 4. The molecule has 0 aromatic carbocycles. The van der Waals surface area contributed by atoms with Crippen molar-refractivity contribution >= 4 is 0 Å². The normalized spacial score (nSPS) is 22.6. The summed E-state index contributed by atoms with van der Waals surface area (Å²) in [5.74, 6) is 0. The lowest BCUT2D eigenvalue weighted by molar-refractivity contribution is 0.0717. The molecule has 1 fully saturated rings. The molecule has 0 bridgehead atoms. The summed E-state index contributed by atoms with van der Waals surface area (Å²) in [6.45, 7) is 16.0. The fraction of sp³-hybridized carbons (Fsp3) is 1.00. The minimum absolute atomic E-state index is 0.143. The zero-order chi connectivity index (χ0) is 15.0. The van der Waals surface area contributed by atoms with Gasteiger partial charge in [0.05, 0.1) is 6.61 Å². The smallest absolute Gasteiger partial charge is 0.0611 e. The molecule has 4 heteroatoms. The average Bonchev–Trinajstić information content (AvgIpc) is 2.46. The van der Waals surface area contributed by atoms with Crippen LogP contribution in [-0.4, -0.2) is 72.4 Å². The Balaban J connectivity index is 2.40. The Labute approximate surface area is 125 Å². The van der Waals surface area contributed by atoms with Crippen molar-refractivity contribution in [2.45, 2.75) is 58.5 Å². The van der Waals surface area contributed by atoms with Gasteiger partial charge in [-0.1, -0.05) is 13.8 Å². The van der Waals surface area contributed by atoms with E-state index in [9.17, 15) is 5.11 Å². The first kappa shape index (κ1) is 17.9. The Bertz CT molecular complexity index is 254. The van der Waals surface area contributed by atoms with Crippen LogP contribution in [0.1, 0.15) is 47.0 Å². The van der Waals surface area contributed by atoms with Gasteiger partial charge in [0.25, 0.3) is 0 Å². The van der Waals surface area contributed by atoms with E-state index in [1.54, 1.807) is 0 Å². The zero-order valence-electron chi connectivity index (χ0n) is 14.0. The van der Waals surface area contributed by atoms with E-state index in [1.807, 2.05) is 0 Å². The van der Waals surface area contributed by atoms with E-state index >= 15 is 0 Å². The summed E-state index contributed by atoms with van der Waals surface area (Å²) in [7, 11) is 0. The van der Waals surface area contributed by atoms with E-state index in [2.05, 4.69) is 42.8 Å². The van der Waals surface area contributed by atoms with Crippen LogP contribution in [0.5, 0.6) is 0 Å². The largest absolute Gasteiger partial charge is 0.394 e. The SMILES string of the molecule is CCCNC(C)(CO)CC(C)N1CCN(CCC)CC1. The van der Waals surface area contributed by atoms with E-state index in [4.69, 9.17) is 0 Å². The van der Waals surface area contributed by atoms with E-state index < -0.39 is 0 Å². The Morgan fingerprint density at radius 3 is 2.30 bits per heavy atom. The van der Waals surface area contributed by atoms with Gasteiger partial charge in [0, 0.05) is 37.8 Å². The zero-order valence-corrected chi connectivity index (χ0v) is 14.0. The lowest BCUT2D eigenvalue weighted by atomic mass is 9.93. The highest BCUT2D eigenvalue weighted by Crippen LogP contribution is 2.17. The topological polar surface area (TPSA) is 38.7 Å². The van der Waals surface area contributed by atoms with Crippen molar-refractivity contribution < 1.29 is 5.11 Å². The fourth-order valence-electron chi connectivity index (χ4n) is 3.14. The third-order valence-electron chi connectivity index (χ3n) is 4.47. The third kappa shape index (κ3) is 5.68. The Morgan fingerprint density at radius 1 is 1.15 bits per heavy atom. The van der Waals surface area contributed by atoms with E-state index in [0.717, 1.165) is 32.5 Å². The summed E-state index contributed by atoms with van der Waals surface area (Å²) in [5.41, 5.74) is -0.143. The van der Waals surface area contributed by atoms with Gasteiger partial charge in [-0.15, -0.1) is 0 Å². The van der Waals surface area contributed by atoms with Crippen LogP contribution >= 0.6 is 0 Å². The van der Waals surface area contributed by atoms with Crippen LogP contribution in [0, 0.1) is 0 Å². The fourth-order valence-corrected chi connectivity index (χ4v) is 3.14. The second kappa shape index (κ2) is 8.98. The number of nitrogens with zero attached hydrogens (tertiary/aromatic N) is 2. The van der Waals surface area contributed by atoms with Crippen LogP contribution in [0.25, 0.3) is 0 Å². The quantitative estimate of drug-likeness (QED) is 0.674. The first-order valence-electron chi connectivity index (χ1n) is 8.37. The molecular formula is C16H35N3O. The van der Waals surface area contributed by atoms with Crippen LogP contribution in [0.15, 0.2) is 0 Å². The number of aliphatic hydroxyl groups is 1. The minimum atomic E-state index is -0.143. The molecule has 0 saturated carbocycles. The van der Waals surface area contributed by atoms with Gasteiger partial charge in [0.15, 0.2) is 0 Å². The lowest BCUT2D eigenvalue weighted by Gasteiger charge is -2.41. The summed E-state index contributed by atoms with van der Waals surface area (Å²) in [4.78, 5) is 5.14. The van der Waals surface area contributed by atoms with Gasteiger partial charge in [-0.2, -0.15) is 0 Å². The highest BCUT2D eigenvalue weighted by atomic mass is 16.3. The highest BCUT2D eigenvalue weighted by Gasteiger charge is 2.29. The van der Waals surface area contributed by atoms with Crippen LogP contribution < -0.4 is 5.32 Å². The molecule has 2 N–H and O–H groups in total. The predicted molar refractivity (Wildman–Crippen MR) is 86.2 cm³/mol. The van der Waals surface area contributed by atoms with E-state index in [-0.39, 0.29) is 12.1 Å². The van der Waals surface area contributed by atoms with Gasteiger partial charge < -0.3 is 15.3 Å². The molecule has 0 aromatic rings. The summed E-state index contributed by atoms with van der Waals surface area (Å²) in [6, 6.07) is 0.528. The molecule has 1 aliphatic heterocycles. The van der Waals surface area contributed by atoms with Gasteiger partial charge in [0.1, 0.15) is 0 Å². The van der Waals surface area contributed by atoms with Crippen molar-refractivity contribution in [1.29, 1.82) is 0 Å². The number of aliphatic hydroxyl groups excluding tert-OH is 1. The van der Waals surface area contributed by atoms with Crippen molar-refractivity contribution in [3.8, 4) is 0 Å². The van der Waals surface area contributed by atoms with E-state index in [0.29, 0.717) is 6.04 Å². The molecule has 1 saturated heterocycles. The van der Waals surface area contributed by atoms with Gasteiger partial charge in [-0.05, 0) is 46.2 Å². The number of piperazine rings is 1. The second-order valence-corrected chi connectivity index (χ2v) is 6.58. The molecule has 0 amide bonds. The van der Waals surface area contributed by atoms with Crippen LogP contribution in [0.2, 0.25) is 0 Å². The lowest BCUT2D eigenvalue weighted by Crippen LogP contribution is -2.54. The second-order valence-electron chi connectivity index (χ2n) is 6.58.